The third kappa shape index (κ3) is 19.9. The maximum Gasteiger partial charge on any atom is 0.126 e. The summed E-state index contributed by atoms with van der Waals surface area (Å²) in [4.78, 5) is 0. The first-order valence-electron chi connectivity index (χ1n) is 39.9. The van der Waals surface area contributed by atoms with Crippen LogP contribution in [0.15, 0.2) is 194 Å². The van der Waals surface area contributed by atoms with E-state index in [1.807, 2.05) is 0 Å². The molecule has 10 aromatic carbocycles. The van der Waals surface area contributed by atoms with Gasteiger partial charge in [0, 0.05) is 23.5 Å². The van der Waals surface area contributed by atoms with Crippen LogP contribution < -0.4 is 10.6 Å². The first-order chi connectivity index (χ1) is 49.6. The van der Waals surface area contributed by atoms with Crippen LogP contribution in [-0.4, -0.2) is 22.5 Å². The molecule has 0 fully saturated rings. The highest BCUT2D eigenvalue weighted by Crippen LogP contribution is 2.53. The fourth-order valence-electron chi connectivity index (χ4n) is 14.3. The van der Waals surface area contributed by atoms with Gasteiger partial charge < -0.3 is 10.2 Å². The molecular weight excluding hydrogens is 1340 g/mol. The number of hydrogen-bond donors (Lipinski definition) is 2. The van der Waals surface area contributed by atoms with Crippen molar-refractivity contribution in [3.05, 3.63) is 261 Å². The van der Waals surface area contributed by atoms with Crippen LogP contribution in [-0.2, 0) is 66.5 Å². The van der Waals surface area contributed by atoms with Crippen molar-refractivity contribution in [2.24, 2.45) is 0 Å². The van der Waals surface area contributed by atoms with E-state index in [0.29, 0.717) is 23.8 Å². The predicted octanol–water partition coefficient (Wildman–Crippen LogP) is 29.4. The van der Waals surface area contributed by atoms with Crippen LogP contribution in [0.1, 0.15) is 274 Å². The van der Waals surface area contributed by atoms with Crippen molar-refractivity contribution in [3.63, 3.8) is 0 Å². The van der Waals surface area contributed by atoms with Gasteiger partial charge in [-0.2, -0.15) is 0 Å². The minimum Gasteiger partial charge on any atom is -0.507 e. The number of rotatable bonds is 15. The maximum absolute atomic E-state index is 13.6. The Morgan fingerprint density at radius 2 is 0.380 bits per heavy atom. The van der Waals surface area contributed by atoms with Gasteiger partial charge in [0.1, 0.15) is 11.5 Å². The molecule has 0 aliphatic rings. The van der Waals surface area contributed by atoms with E-state index in [0.717, 1.165) is 68.0 Å². The minimum absolute atomic E-state index is 0.0805. The van der Waals surface area contributed by atoms with Gasteiger partial charge in [0.25, 0.3) is 0 Å². The molecule has 2 nitrogen and oxygen atoms in total. The maximum atomic E-state index is 13.6. The first-order valence-corrected chi connectivity index (χ1v) is 43.3. The van der Waals surface area contributed by atoms with Crippen molar-refractivity contribution >= 4 is 26.5 Å². The highest BCUT2D eigenvalue weighted by Gasteiger charge is 2.31. The third-order valence-corrected chi connectivity index (χ3v) is 27.6. The molecule has 1 unspecified atom stereocenters. The standard InChI is InChI=1S/C104H132O2P2/c1-95(2,3)79-49-71(50-80(59-79)96(4,5)6)67-43-68(72-51-81(97(7,8)9)60-82(52-72)98(10,11)12)46-75(45-67)91-63-87(103(25,26)27)57-77(93(91)105)65-107(89-37-33-31-34-38-89)41-42-108(90-39-35-32-36-40-90)66-78-58-88(104(28,29)30)64-92(94(78)106)76-47-69(73-53-83(99(13,14)15)61-84(54-73)100(16,17)18)44-70(48-76)74-55-85(101(19,20)21)62-86(56-74)102(22,23)24/h31-40,43-64,105-106H,41-42,65-66H2,1-30H3/t107-,108?/m1/s1. The van der Waals surface area contributed by atoms with E-state index in [9.17, 15) is 10.2 Å². The van der Waals surface area contributed by atoms with Crippen LogP contribution in [0.4, 0.5) is 0 Å². The van der Waals surface area contributed by atoms with Gasteiger partial charge in [-0.15, -0.1) is 0 Å². The lowest BCUT2D eigenvalue weighted by Crippen LogP contribution is -2.16. The predicted molar refractivity (Wildman–Crippen MR) is 479 cm³/mol. The highest BCUT2D eigenvalue weighted by atomic mass is 31.1. The molecule has 108 heavy (non-hydrogen) atoms. The summed E-state index contributed by atoms with van der Waals surface area (Å²) in [6.07, 6.45) is 3.27. The van der Waals surface area contributed by atoms with Crippen LogP contribution in [0, 0.1) is 0 Å². The van der Waals surface area contributed by atoms with Crippen molar-refractivity contribution in [2.75, 3.05) is 12.3 Å². The largest absolute Gasteiger partial charge is 0.507 e. The number of hydrogen-bond acceptors (Lipinski definition) is 2. The molecule has 0 saturated carbocycles. The minimum atomic E-state index is -0.892. The summed E-state index contributed by atoms with van der Waals surface area (Å²) in [5.41, 5.74) is 26.8. The summed E-state index contributed by atoms with van der Waals surface area (Å²) >= 11 is 0. The van der Waals surface area contributed by atoms with Crippen molar-refractivity contribution in [2.45, 2.75) is 274 Å². The fraction of sp³-hybridized carbons (Fsp3) is 0.423. The van der Waals surface area contributed by atoms with E-state index in [1.54, 1.807) is 0 Å². The quantitative estimate of drug-likeness (QED) is 0.100. The van der Waals surface area contributed by atoms with Gasteiger partial charge in [0.15, 0.2) is 0 Å². The summed E-state index contributed by atoms with van der Waals surface area (Å²) < 4.78 is 0. The average molecular weight is 1480 g/mol. The smallest absolute Gasteiger partial charge is 0.126 e. The Morgan fingerprint density at radius 1 is 0.204 bits per heavy atom. The molecule has 0 spiro atoms. The van der Waals surface area contributed by atoms with E-state index in [-0.39, 0.29) is 54.1 Å². The lowest BCUT2D eigenvalue weighted by molar-refractivity contribution is 0.470. The zero-order valence-electron chi connectivity index (χ0n) is 72.1. The van der Waals surface area contributed by atoms with Crippen LogP contribution >= 0.6 is 15.8 Å². The SMILES string of the molecule is CC(C)(C)c1cc(-c2cc(-c3cc(C(C)(C)C)cc(C(C)(C)C)c3)cc(-c3cc(C(C)(C)C)cc(CP(CC[P@](Cc4cc(C(C)(C)C)cc(-c5cc(-c6cc(C(C)(C)C)cc(C(C)(C)C)c6)cc(-c6cc(C(C)(C)C)cc(C(C)(C)C)c6)c5)c4O)c4ccccc4)c4ccccc4)c3O)c2)cc(C(C)(C)C)c1. The second-order valence-corrected chi connectivity index (χ2v) is 46.6. The molecule has 4 heteroatoms. The Bertz CT molecular complexity index is 4260. The van der Waals surface area contributed by atoms with Crippen molar-refractivity contribution in [1.82, 2.24) is 0 Å². The van der Waals surface area contributed by atoms with Crippen LogP contribution in [0.2, 0.25) is 0 Å². The molecule has 0 radical (unpaired) electrons. The molecule has 2 atom stereocenters. The van der Waals surface area contributed by atoms with E-state index in [1.165, 1.54) is 88.5 Å². The molecule has 10 aromatic rings. The zero-order valence-corrected chi connectivity index (χ0v) is 73.9. The van der Waals surface area contributed by atoms with Gasteiger partial charge in [-0.05, 0) is 248 Å². The molecule has 570 valence electrons. The van der Waals surface area contributed by atoms with Gasteiger partial charge in [0.05, 0.1) is 0 Å². The zero-order chi connectivity index (χ0) is 79.8. The lowest BCUT2D eigenvalue weighted by atomic mass is 9.77. The monoisotopic (exact) mass is 1470 g/mol. The molecule has 2 N–H and O–H groups in total. The molecule has 0 saturated heterocycles. The fourth-order valence-corrected chi connectivity index (χ4v) is 20.0. The van der Waals surface area contributed by atoms with Gasteiger partial charge >= 0.3 is 0 Å². The summed E-state index contributed by atoms with van der Waals surface area (Å²) in [6.45, 7) is 69.6. The van der Waals surface area contributed by atoms with Crippen LogP contribution in [0.25, 0.3) is 66.8 Å². The summed E-state index contributed by atoms with van der Waals surface area (Å²) in [6, 6.07) is 74.9. The molecule has 0 aromatic heterocycles. The normalized spacial score (nSPS) is 13.8. The highest BCUT2D eigenvalue weighted by molar-refractivity contribution is 7.68. The van der Waals surface area contributed by atoms with Crippen LogP contribution in [0.5, 0.6) is 11.5 Å². The Hall–Kier alpha value is -7.34. The number of benzene rings is 10. The molecule has 0 aliphatic carbocycles. The first kappa shape index (κ1) is 83.1. The topological polar surface area (TPSA) is 40.5 Å². The summed E-state index contributed by atoms with van der Waals surface area (Å²) in [5, 5.41) is 29.8. The second kappa shape index (κ2) is 30.4. The van der Waals surface area contributed by atoms with E-state index in [2.05, 4.69) is 402 Å². The Labute approximate surface area is 658 Å². The van der Waals surface area contributed by atoms with Gasteiger partial charge in [-0.1, -0.05) is 369 Å². The lowest BCUT2D eigenvalue weighted by Gasteiger charge is -2.28. The number of phenols is 2. The van der Waals surface area contributed by atoms with Crippen LogP contribution in [0.3, 0.4) is 0 Å². The molecule has 10 rings (SSSR count). The molecular formula is C104H132O2P2. The Kier molecular flexibility index (Phi) is 23.4. The Balaban J connectivity index is 1.13. The Morgan fingerprint density at radius 3 is 0.574 bits per heavy atom. The van der Waals surface area contributed by atoms with Gasteiger partial charge in [-0.25, -0.2) is 0 Å². The van der Waals surface area contributed by atoms with E-state index in [4.69, 9.17) is 0 Å². The number of phenolic OH excluding ortho intramolecular Hbond substituents is 2. The van der Waals surface area contributed by atoms with Crippen molar-refractivity contribution < 1.29 is 10.2 Å². The van der Waals surface area contributed by atoms with Crippen molar-refractivity contribution in [3.8, 4) is 78.3 Å². The molecule has 0 heterocycles. The summed E-state index contributed by atoms with van der Waals surface area (Å²) in [7, 11) is -1.78. The van der Waals surface area contributed by atoms with Gasteiger partial charge in [-0.3, -0.25) is 0 Å². The molecule has 0 aliphatic heterocycles. The van der Waals surface area contributed by atoms with Crippen molar-refractivity contribution in [1.29, 1.82) is 0 Å². The van der Waals surface area contributed by atoms with E-state index < -0.39 is 15.8 Å². The van der Waals surface area contributed by atoms with E-state index >= 15 is 0 Å². The third-order valence-electron chi connectivity index (χ3n) is 22.2. The second-order valence-electron chi connectivity index (χ2n) is 41.9. The average Bonchev–Trinajstić information content (AvgIpc) is 0.769. The van der Waals surface area contributed by atoms with Gasteiger partial charge in [0.2, 0.25) is 0 Å². The molecule has 0 amide bonds. The number of aromatic hydroxyl groups is 2. The summed E-state index contributed by atoms with van der Waals surface area (Å²) in [5.74, 6) is 0.712. The molecule has 0 bridgehead atoms.